The van der Waals surface area contributed by atoms with Crippen LogP contribution in [0.15, 0.2) is 48.5 Å². The second-order valence-electron chi connectivity index (χ2n) is 6.86. The molecule has 0 unspecified atom stereocenters. The molecule has 2 rings (SSSR count). The van der Waals surface area contributed by atoms with E-state index in [1.807, 2.05) is 18.2 Å². The van der Waals surface area contributed by atoms with E-state index in [0.717, 1.165) is 5.56 Å². The van der Waals surface area contributed by atoms with Crippen LogP contribution in [0.5, 0.6) is 11.5 Å². The minimum atomic E-state index is -2.95. The van der Waals surface area contributed by atoms with E-state index in [1.165, 1.54) is 11.0 Å². The standard InChI is InChI=1S/C22H27F2N3O4/c1-3-30-19-13-16(9-10-18(19)31-22(23)24)14-26(2)15-21(29)27(12-11-20(25)28)17-7-5-4-6-8-17/h4-10,13,22H,3,11-12,14-15H2,1-2H3,(H2,25,28). The number of carbonyl (C=O) groups excluding carboxylic acids is 2. The number of nitrogens with zero attached hydrogens (tertiary/aromatic N) is 2. The van der Waals surface area contributed by atoms with Gasteiger partial charge in [0.1, 0.15) is 0 Å². The molecule has 0 spiro atoms. The number of para-hydroxylation sites is 1. The van der Waals surface area contributed by atoms with Crippen LogP contribution in [0, 0.1) is 0 Å². The Labute approximate surface area is 180 Å². The van der Waals surface area contributed by atoms with Gasteiger partial charge in [0.05, 0.1) is 13.2 Å². The van der Waals surface area contributed by atoms with Crippen molar-refractivity contribution in [2.24, 2.45) is 5.73 Å². The fourth-order valence-electron chi connectivity index (χ4n) is 3.02. The summed E-state index contributed by atoms with van der Waals surface area (Å²) in [7, 11) is 1.76. The third-order valence-corrected chi connectivity index (χ3v) is 4.33. The smallest absolute Gasteiger partial charge is 0.387 e. The minimum absolute atomic E-state index is 0.0407. The summed E-state index contributed by atoms with van der Waals surface area (Å²) in [5, 5.41) is 0. The Morgan fingerprint density at radius 1 is 1.10 bits per heavy atom. The molecule has 0 aliphatic rings. The molecular weight excluding hydrogens is 408 g/mol. The zero-order valence-electron chi connectivity index (χ0n) is 17.6. The van der Waals surface area contributed by atoms with Gasteiger partial charge in [-0.15, -0.1) is 0 Å². The Balaban J connectivity index is 2.08. The van der Waals surface area contributed by atoms with Crippen LogP contribution in [0.2, 0.25) is 0 Å². The fraction of sp³-hybridized carbons (Fsp3) is 0.364. The average molecular weight is 435 g/mol. The molecule has 0 saturated carbocycles. The quantitative estimate of drug-likeness (QED) is 0.554. The molecule has 0 bridgehead atoms. The van der Waals surface area contributed by atoms with Gasteiger partial charge < -0.3 is 20.1 Å². The second-order valence-corrected chi connectivity index (χ2v) is 6.86. The zero-order valence-corrected chi connectivity index (χ0v) is 17.6. The van der Waals surface area contributed by atoms with Crippen LogP contribution < -0.4 is 20.1 Å². The van der Waals surface area contributed by atoms with Crippen molar-refractivity contribution in [1.29, 1.82) is 0 Å². The lowest BCUT2D eigenvalue weighted by molar-refractivity contribution is -0.120. The number of alkyl halides is 2. The SMILES string of the molecule is CCOc1cc(CN(C)CC(=O)N(CCC(N)=O)c2ccccc2)ccc1OC(F)F. The lowest BCUT2D eigenvalue weighted by Crippen LogP contribution is -2.40. The number of benzene rings is 2. The number of primary amides is 1. The molecule has 0 aliphatic heterocycles. The van der Waals surface area contributed by atoms with Gasteiger partial charge in [0.2, 0.25) is 11.8 Å². The topological polar surface area (TPSA) is 85.1 Å². The molecule has 2 amide bonds. The Kier molecular flexibility index (Phi) is 9.20. The normalized spacial score (nSPS) is 10.9. The molecule has 31 heavy (non-hydrogen) atoms. The number of amides is 2. The molecule has 2 aromatic rings. The molecule has 0 atom stereocenters. The van der Waals surface area contributed by atoms with Gasteiger partial charge in [-0.1, -0.05) is 24.3 Å². The molecule has 2 N–H and O–H groups in total. The Hall–Kier alpha value is -3.20. The number of halogens is 2. The van der Waals surface area contributed by atoms with Crippen LogP contribution >= 0.6 is 0 Å². The summed E-state index contributed by atoms with van der Waals surface area (Å²) in [5.74, 6) is -0.511. The first kappa shape index (κ1) is 24.1. The van der Waals surface area contributed by atoms with Crippen LogP contribution in [-0.4, -0.2) is 50.1 Å². The van der Waals surface area contributed by atoms with E-state index in [1.54, 1.807) is 43.1 Å². The van der Waals surface area contributed by atoms with Gasteiger partial charge in [0, 0.05) is 25.2 Å². The number of hydrogen-bond acceptors (Lipinski definition) is 5. The number of hydrogen-bond donors (Lipinski definition) is 1. The second kappa shape index (κ2) is 11.8. The Morgan fingerprint density at radius 2 is 1.81 bits per heavy atom. The van der Waals surface area contributed by atoms with Crippen molar-refractivity contribution in [3.8, 4) is 11.5 Å². The monoisotopic (exact) mass is 435 g/mol. The van der Waals surface area contributed by atoms with E-state index in [0.29, 0.717) is 18.8 Å². The Morgan fingerprint density at radius 3 is 2.42 bits per heavy atom. The average Bonchev–Trinajstić information content (AvgIpc) is 2.70. The predicted octanol–water partition coefficient (Wildman–Crippen LogP) is 3.03. The maximum Gasteiger partial charge on any atom is 0.387 e. The molecule has 0 fully saturated rings. The highest BCUT2D eigenvalue weighted by Crippen LogP contribution is 2.30. The first-order valence-electron chi connectivity index (χ1n) is 9.83. The maximum atomic E-state index is 12.9. The number of ether oxygens (including phenoxy) is 2. The molecule has 7 nitrogen and oxygen atoms in total. The highest BCUT2D eigenvalue weighted by atomic mass is 19.3. The van der Waals surface area contributed by atoms with E-state index in [4.69, 9.17) is 10.5 Å². The lowest BCUT2D eigenvalue weighted by Gasteiger charge is -2.25. The van der Waals surface area contributed by atoms with E-state index >= 15 is 0 Å². The van der Waals surface area contributed by atoms with Crippen molar-refractivity contribution >= 4 is 17.5 Å². The highest BCUT2D eigenvalue weighted by molar-refractivity contribution is 5.95. The Bertz CT molecular complexity index is 865. The zero-order chi connectivity index (χ0) is 22.8. The maximum absolute atomic E-state index is 12.9. The third kappa shape index (κ3) is 7.86. The summed E-state index contributed by atoms with van der Waals surface area (Å²) in [5.41, 5.74) is 6.69. The van der Waals surface area contributed by atoms with E-state index in [-0.39, 0.29) is 36.9 Å². The number of anilines is 1. The summed E-state index contributed by atoms with van der Waals surface area (Å²) in [6, 6.07) is 13.7. The van der Waals surface area contributed by atoms with Gasteiger partial charge in [-0.2, -0.15) is 8.78 Å². The number of rotatable bonds is 12. The van der Waals surface area contributed by atoms with Crippen molar-refractivity contribution < 1.29 is 27.8 Å². The van der Waals surface area contributed by atoms with Crippen molar-refractivity contribution in [3.63, 3.8) is 0 Å². The first-order chi connectivity index (χ1) is 14.8. The number of likely N-dealkylation sites (N-methyl/N-ethyl adjacent to an activating group) is 1. The molecule has 0 saturated heterocycles. The highest BCUT2D eigenvalue weighted by Gasteiger charge is 2.19. The molecular formula is C22H27F2N3O4. The van der Waals surface area contributed by atoms with E-state index in [2.05, 4.69) is 4.74 Å². The van der Waals surface area contributed by atoms with Crippen molar-refractivity contribution in [3.05, 3.63) is 54.1 Å². The summed E-state index contributed by atoms with van der Waals surface area (Å²) in [6.07, 6.45) is 0.0493. The fourth-order valence-corrected chi connectivity index (χ4v) is 3.02. The van der Waals surface area contributed by atoms with Gasteiger partial charge in [-0.3, -0.25) is 14.5 Å². The van der Waals surface area contributed by atoms with Gasteiger partial charge in [-0.25, -0.2) is 0 Å². The summed E-state index contributed by atoms with van der Waals surface area (Å²) < 4.78 is 35.0. The minimum Gasteiger partial charge on any atom is -0.490 e. The van der Waals surface area contributed by atoms with Gasteiger partial charge in [0.15, 0.2) is 11.5 Å². The number of nitrogens with two attached hydrogens (primary N) is 1. The molecule has 168 valence electrons. The molecule has 9 heteroatoms. The van der Waals surface area contributed by atoms with Crippen LogP contribution in [0.25, 0.3) is 0 Å². The summed E-state index contributed by atoms with van der Waals surface area (Å²) in [4.78, 5) is 27.4. The molecule has 2 aromatic carbocycles. The van der Waals surface area contributed by atoms with Crippen molar-refractivity contribution in [2.75, 3.05) is 31.6 Å². The number of carbonyl (C=O) groups is 2. The van der Waals surface area contributed by atoms with Gasteiger partial charge >= 0.3 is 6.61 Å². The van der Waals surface area contributed by atoms with Crippen molar-refractivity contribution in [2.45, 2.75) is 26.5 Å². The van der Waals surface area contributed by atoms with Crippen LogP contribution in [-0.2, 0) is 16.1 Å². The molecule has 0 radical (unpaired) electrons. The van der Waals surface area contributed by atoms with Crippen LogP contribution in [0.4, 0.5) is 14.5 Å². The van der Waals surface area contributed by atoms with Gasteiger partial charge in [0.25, 0.3) is 0 Å². The van der Waals surface area contributed by atoms with E-state index in [9.17, 15) is 18.4 Å². The van der Waals surface area contributed by atoms with Crippen molar-refractivity contribution in [1.82, 2.24) is 4.90 Å². The van der Waals surface area contributed by atoms with Gasteiger partial charge in [-0.05, 0) is 43.8 Å². The van der Waals surface area contributed by atoms with E-state index < -0.39 is 12.5 Å². The predicted molar refractivity (Wildman–Crippen MR) is 113 cm³/mol. The summed E-state index contributed by atoms with van der Waals surface area (Å²) >= 11 is 0. The molecule has 0 aliphatic carbocycles. The third-order valence-electron chi connectivity index (χ3n) is 4.33. The van der Waals surface area contributed by atoms with Crippen LogP contribution in [0.3, 0.4) is 0 Å². The lowest BCUT2D eigenvalue weighted by atomic mass is 10.2. The van der Waals surface area contributed by atoms with Crippen LogP contribution in [0.1, 0.15) is 18.9 Å². The molecule has 0 heterocycles. The largest absolute Gasteiger partial charge is 0.490 e. The summed E-state index contributed by atoms with van der Waals surface area (Å²) in [6.45, 7) is -0.279. The molecule has 0 aromatic heterocycles. The first-order valence-corrected chi connectivity index (χ1v) is 9.83.